The average molecular weight is 501 g/mol. The van der Waals surface area contributed by atoms with E-state index in [1.54, 1.807) is 0 Å². The summed E-state index contributed by atoms with van der Waals surface area (Å²) in [5, 5.41) is 0. The minimum absolute atomic E-state index is 0.291. The molecule has 2 aliphatic rings. The van der Waals surface area contributed by atoms with Gasteiger partial charge in [-0.15, -0.1) is 0 Å². The molecule has 0 unspecified atom stereocenters. The summed E-state index contributed by atoms with van der Waals surface area (Å²) in [6.45, 7) is 0.431. The topological polar surface area (TPSA) is 80.6 Å². The SMILES string of the molecule is C[n+]1ccc2c(c1)Oc1ccccc1C2=C1c2ccccc2Oc2c[n+](CCCS(=O)(=O)O)ccc21. The van der Waals surface area contributed by atoms with Crippen LogP contribution in [0.2, 0.25) is 0 Å². The van der Waals surface area contributed by atoms with Crippen LogP contribution in [0.4, 0.5) is 0 Å². The van der Waals surface area contributed by atoms with Gasteiger partial charge in [0.25, 0.3) is 10.1 Å². The third-order valence-corrected chi connectivity index (χ3v) is 7.21. The first-order valence-corrected chi connectivity index (χ1v) is 13.3. The van der Waals surface area contributed by atoms with Crippen molar-refractivity contribution in [3.8, 4) is 23.0 Å². The van der Waals surface area contributed by atoms with E-state index in [2.05, 4.69) is 18.2 Å². The van der Waals surface area contributed by atoms with Crippen LogP contribution >= 0.6 is 0 Å². The Morgan fingerprint density at radius 3 is 1.86 bits per heavy atom. The lowest BCUT2D eigenvalue weighted by Crippen LogP contribution is -2.34. The van der Waals surface area contributed by atoms with E-state index in [0.717, 1.165) is 50.6 Å². The van der Waals surface area contributed by atoms with Gasteiger partial charge in [0.1, 0.15) is 25.1 Å². The fourth-order valence-electron chi connectivity index (χ4n) is 4.82. The zero-order valence-electron chi connectivity index (χ0n) is 19.6. The highest BCUT2D eigenvalue weighted by Gasteiger charge is 2.33. The highest BCUT2D eigenvalue weighted by Crippen LogP contribution is 2.52. The molecule has 7 nitrogen and oxygen atoms in total. The number of aryl methyl sites for hydroxylation is 2. The van der Waals surface area contributed by atoms with Gasteiger partial charge in [0, 0.05) is 52.0 Å². The van der Waals surface area contributed by atoms with E-state index in [9.17, 15) is 8.42 Å². The Morgan fingerprint density at radius 1 is 0.722 bits per heavy atom. The van der Waals surface area contributed by atoms with Crippen molar-refractivity contribution in [2.24, 2.45) is 7.05 Å². The minimum atomic E-state index is -4.00. The molecule has 2 aliphatic heterocycles. The number of para-hydroxylation sites is 2. The second-order valence-electron chi connectivity index (χ2n) is 8.93. The van der Waals surface area contributed by atoms with Gasteiger partial charge in [0.2, 0.25) is 12.4 Å². The van der Waals surface area contributed by atoms with Crippen LogP contribution in [0.3, 0.4) is 0 Å². The Bertz CT molecular complexity index is 1660. The number of hydrogen-bond acceptors (Lipinski definition) is 4. The highest BCUT2D eigenvalue weighted by molar-refractivity contribution is 7.85. The van der Waals surface area contributed by atoms with Crippen molar-refractivity contribution in [2.75, 3.05) is 5.75 Å². The number of nitrogens with zero attached hydrogens (tertiary/aromatic N) is 2. The molecule has 0 saturated heterocycles. The Balaban J connectivity index is 1.57. The predicted octanol–water partition coefficient (Wildman–Crippen LogP) is 4.30. The van der Waals surface area contributed by atoms with Gasteiger partial charge in [-0.1, -0.05) is 36.4 Å². The first-order chi connectivity index (χ1) is 17.4. The van der Waals surface area contributed by atoms with Gasteiger partial charge >= 0.3 is 0 Å². The molecule has 1 N–H and O–H groups in total. The monoisotopic (exact) mass is 500 g/mol. The second-order valence-corrected chi connectivity index (χ2v) is 10.5. The lowest BCUT2D eigenvalue weighted by molar-refractivity contribution is -0.697. The summed E-state index contributed by atoms with van der Waals surface area (Å²) in [6, 6.07) is 20.1. The summed E-state index contributed by atoms with van der Waals surface area (Å²) in [5.74, 6) is 2.71. The number of hydrogen-bond donors (Lipinski definition) is 1. The van der Waals surface area contributed by atoms with Crippen molar-refractivity contribution in [3.63, 3.8) is 0 Å². The van der Waals surface area contributed by atoms with Crippen molar-refractivity contribution in [2.45, 2.75) is 13.0 Å². The van der Waals surface area contributed by atoms with Gasteiger partial charge < -0.3 is 9.47 Å². The Morgan fingerprint density at radius 2 is 1.25 bits per heavy atom. The van der Waals surface area contributed by atoms with Crippen LogP contribution in [-0.4, -0.2) is 18.7 Å². The third-order valence-electron chi connectivity index (χ3n) is 6.40. The maximum Gasteiger partial charge on any atom is 0.265 e. The summed E-state index contributed by atoms with van der Waals surface area (Å²) in [5.41, 5.74) is 6.03. The zero-order chi connectivity index (χ0) is 24.9. The van der Waals surface area contributed by atoms with Crippen LogP contribution in [0, 0.1) is 0 Å². The van der Waals surface area contributed by atoms with Crippen molar-refractivity contribution in [1.82, 2.24) is 0 Å². The van der Waals surface area contributed by atoms with Gasteiger partial charge in [-0.2, -0.15) is 8.42 Å². The van der Waals surface area contributed by atoms with E-state index in [1.165, 1.54) is 0 Å². The molecule has 0 fully saturated rings. The average Bonchev–Trinajstić information content (AvgIpc) is 2.85. The Labute approximate surface area is 209 Å². The largest absolute Gasteiger partial charge is 0.450 e. The molecule has 0 bridgehead atoms. The summed E-state index contributed by atoms with van der Waals surface area (Å²) in [7, 11) is -2.03. The normalized spacial score (nSPS) is 15.6. The smallest absolute Gasteiger partial charge is 0.265 e. The molecule has 8 heteroatoms. The number of pyridine rings is 2. The van der Waals surface area contributed by atoms with E-state index >= 15 is 0 Å². The summed E-state index contributed by atoms with van der Waals surface area (Å²) in [6.07, 6.45) is 8.08. The highest BCUT2D eigenvalue weighted by atomic mass is 32.2. The van der Waals surface area contributed by atoms with Crippen molar-refractivity contribution >= 4 is 21.3 Å². The van der Waals surface area contributed by atoms with Crippen LogP contribution < -0.4 is 18.6 Å². The van der Waals surface area contributed by atoms with Crippen molar-refractivity contribution < 1.29 is 31.6 Å². The molecule has 0 atom stereocenters. The molecule has 0 radical (unpaired) electrons. The molecule has 0 aliphatic carbocycles. The molecule has 2 aromatic heterocycles. The molecular formula is C28H24N2O5S+2. The summed E-state index contributed by atoms with van der Waals surface area (Å²) >= 11 is 0. The maximum atomic E-state index is 11.1. The molecule has 36 heavy (non-hydrogen) atoms. The van der Waals surface area contributed by atoms with Gasteiger partial charge in [-0.05, 0) is 12.1 Å². The van der Waals surface area contributed by atoms with Crippen LogP contribution in [-0.2, 0) is 23.7 Å². The summed E-state index contributed by atoms with van der Waals surface area (Å²) in [4.78, 5) is 0. The fraction of sp³-hybridized carbons (Fsp3) is 0.143. The lowest BCUT2D eigenvalue weighted by Gasteiger charge is -2.28. The zero-order valence-corrected chi connectivity index (χ0v) is 20.4. The molecular weight excluding hydrogens is 476 g/mol. The first kappa shape index (κ1) is 22.5. The van der Waals surface area contributed by atoms with Crippen LogP contribution in [0.1, 0.15) is 28.7 Å². The molecule has 2 aromatic carbocycles. The maximum absolute atomic E-state index is 11.1. The van der Waals surface area contributed by atoms with Crippen LogP contribution in [0.5, 0.6) is 23.0 Å². The van der Waals surface area contributed by atoms with E-state index in [1.807, 2.05) is 83.4 Å². The molecule has 0 amide bonds. The molecule has 6 rings (SSSR count). The quantitative estimate of drug-likeness (QED) is 0.289. The molecule has 0 spiro atoms. The standard InChI is InChI=1S/C28H23N2O5S/c1-29-14-11-21-25(17-29)34-23-9-4-2-7-19(23)27(21)28-20-8-3-5-10-24(20)35-26-18-30(15-12-22(26)28)13-6-16-36(31,32)33/h2-5,7-12,14-15,17-18H,6,13,16H2,1H3/q+1/p+1. The van der Waals surface area contributed by atoms with Crippen LogP contribution in [0.15, 0.2) is 85.5 Å². The summed E-state index contributed by atoms with van der Waals surface area (Å²) < 4.78 is 47.8. The number of fused-ring (bicyclic) bond motifs is 4. The fourth-order valence-corrected chi connectivity index (χ4v) is 5.32. The Hall–Kier alpha value is -4.01. The minimum Gasteiger partial charge on any atom is -0.450 e. The van der Waals surface area contributed by atoms with E-state index in [4.69, 9.17) is 14.0 Å². The van der Waals surface area contributed by atoms with Crippen LogP contribution in [0.25, 0.3) is 11.1 Å². The molecule has 4 aromatic rings. The molecule has 0 saturated carbocycles. The predicted molar refractivity (Wildman–Crippen MR) is 133 cm³/mol. The number of aromatic nitrogens is 2. The first-order valence-electron chi connectivity index (χ1n) is 11.6. The number of ether oxygens (including phenoxy) is 2. The second kappa shape index (κ2) is 8.58. The van der Waals surface area contributed by atoms with E-state index in [0.29, 0.717) is 18.7 Å². The van der Waals surface area contributed by atoms with E-state index in [-0.39, 0.29) is 5.75 Å². The molecule has 180 valence electrons. The number of benzene rings is 2. The lowest BCUT2D eigenvalue weighted by atomic mass is 9.83. The third kappa shape index (κ3) is 4.04. The van der Waals surface area contributed by atoms with Gasteiger partial charge in [-0.25, -0.2) is 9.13 Å². The van der Waals surface area contributed by atoms with Crippen molar-refractivity contribution in [3.05, 3.63) is 108 Å². The van der Waals surface area contributed by atoms with Gasteiger partial charge in [0.05, 0.1) is 5.75 Å². The number of rotatable bonds is 4. The Kier molecular flexibility index (Phi) is 5.35. The van der Waals surface area contributed by atoms with Crippen molar-refractivity contribution in [1.29, 1.82) is 0 Å². The van der Waals surface area contributed by atoms with Gasteiger partial charge in [-0.3, -0.25) is 4.55 Å². The van der Waals surface area contributed by atoms with Gasteiger partial charge in [0.15, 0.2) is 23.9 Å². The van der Waals surface area contributed by atoms with E-state index < -0.39 is 10.1 Å². The molecule has 4 heterocycles.